The highest BCUT2D eigenvalue weighted by molar-refractivity contribution is 6.08. The smallest absolute Gasteiger partial charge is 0.344 e. The van der Waals surface area contributed by atoms with Gasteiger partial charge in [-0.25, -0.2) is 4.79 Å². The number of carbonyl (C=O) groups is 4. The van der Waals surface area contributed by atoms with Gasteiger partial charge in [0.15, 0.2) is 6.61 Å². The van der Waals surface area contributed by atoms with E-state index in [-0.39, 0.29) is 11.9 Å². The molecule has 1 spiro atoms. The van der Waals surface area contributed by atoms with Crippen molar-refractivity contribution in [3.8, 4) is 0 Å². The van der Waals surface area contributed by atoms with E-state index in [1.807, 2.05) is 0 Å². The van der Waals surface area contributed by atoms with Crippen LogP contribution >= 0.6 is 0 Å². The predicted molar refractivity (Wildman–Crippen MR) is 82.3 cm³/mol. The van der Waals surface area contributed by atoms with Gasteiger partial charge in [-0.2, -0.15) is 5.01 Å². The van der Waals surface area contributed by atoms with Crippen molar-refractivity contribution in [2.24, 2.45) is 5.92 Å². The van der Waals surface area contributed by atoms with Crippen LogP contribution < -0.4 is 10.7 Å². The van der Waals surface area contributed by atoms with Crippen molar-refractivity contribution < 1.29 is 23.9 Å². The first-order chi connectivity index (χ1) is 11.5. The molecule has 0 aromatic rings. The van der Waals surface area contributed by atoms with Crippen LogP contribution in [-0.4, -0.2) is 41.0 Å². The number of nitrogens with zero attached hydrogens (tertiary/aromatic N) is 1. The zero-order valence-electron chi connectivity index (χ0n) is 13.6. The third kappa shape index (κ3) is 3.22. The van der Waals surface area contributed by atoms with Gasteiger partial charge in [0, 0.05) is 0 Å². The summed E-state index contributed by atoms with van der Waals surface area (Å²) in [5.74, 6) is -1.64. The van der Waals surface area contributed by atoms with Gasteiger partial charge >= 0.3 is 12.0 Å². The minimum atomic E-state index is -0.886. The monoisotopic (exact) mass is 337 g/mol. The van der Waals surface area contributed by atoms with Crippen LogP contribution in [-0.2, 0) is 19.1 Å². The van der Waals surface area contributed by atoms with Crippen molar-refractivity contribution in [2.75, 3.05) is 6.61 Å². The second kappa shape index (κ2) is 6.78. The molecule has 3 rings (SSSR count). The number of esters is 1. The summed E-state index contributed by atoms with van der Waals surface area (Å²) >= 11 is 0. The highest BCUT2D eigenvalue weighted by atomic mass is 16.5. The normalized spacial score (nSPS) is 23.4. The van der Waals surface area contributed by atoms with Crippen molar-refractivity contribution in [1.29, 1.82) is 0 Å². The predicted octanol–water partition coefficient (Wildman–Crippen LogP) is 1.01. The minimum absolute atomic E-state index is 0.139. The van der Waals surface area contributed by atoms with Gasteiger partial charge in [-0.05, 0) is 25.7 Å². The lowest BCUT2D eigenvalue weighted by Crippen LogP contribution is -2.51. The maximum absolute atomic E-state index is 12.5. The van der Waals surface area contributed by atoms with Gasteiger partial charge in [0.25, 0.3) is 11.8 Å². The molecule has 0 aromatic carbocycles. The van der Waals surface area contributed by atoms with Crippen molar-refractivity contribution in [3.05, 3.63) is 0 Å². The van der Waals surface area contributed by atoms with Crippen LogP contribution in [0.15, 0.2) is 0 Å². The maximum atomic E-state index is 12.5. The highest BCUT2D eigenvalue weighted by Gasteiger charge is 2.52. The second-order valence-electron chi connectivity index (χ2n) is 6.84. The zero-order valence-corrected chi connectivity index (χ0v) is 13.6. The highest BCUT2D eigenvalue weighted by Crippen LogP contribution is 2.33. The third-order valence-corrected chi connectivity index (χ3v) is 5.14. The molecule has 0 bridgehead atoms. The van der Waals surface area contributed by atoms with Crippen molar-refractivity contribution >= 4 is 23.8 Å². The van der Waals surface area contributed by atoms with E-state index in [9.17, 15) is 19.2 Å². The van der Waals surface area contributed by atoms with Gasteiger partial charge in [0.1, 0.15) is 5.54 Å². The number of imide groups is 1. The van der Waals surface area contributed by atoms with Gasteiger partial charge in [-0.1, -0.05) is 32.1 Å². The molecule has 24 heavy (non-hydrogen) atoms. The van der Waals surface area contributed by atoms with E-state index in [1.54, 1.807) is 0 Å². The van der Waals surface area contributed by atoms with E-state index in [2.05, 4.69) is 10.7 Å². The van der Waals surface area contributed by atoms with Crippen LogP contribution in [0.1, 0.15) is 57.8 Å². The lowest BCUT2D eigenvalue weighted by Gasteiger charge is -2.30. The summed E-state index contributed by atoms with van der Waals surface area (Å²) in [5.41, 5.74) is 1.37. The summed E-state index contributed by atoms with van der Waals surface area (Å²) < 4.78 is 4.98. The Balaban J connectivity index is 1.51. The molecule has 4 amide bonds. The van der Waals surface area contributed by atoms with Gasteiger partial charge in [-0.3, -0.25) is 19.8 Å². The Bertz CT molecular complexity index is 550. The Labute approximate surface area is 140 Å². The summed E-state index contributed by atoms with van der Waals surface area (Å²) in [5, 5.41) is 3.42. The first-order valence-corrected chi connectivity index (χ1v) is 8.65. The number of amides is 4. The van der Waals surface area contributed by atoms with Crippen LogP contribution in [0, 0.1) is 5.92 Å². The lowest BCUT2D eigenvalue weighted by atomic mass is 9.82. The molecule has 0 atom stereocenters. The van der Waals surface area contributed by atoms with Gasteiger partial charge in [0.05, 0.1) is 5.92 Å². The van der Waals surface area contributed by atoms with E-state index < -0.39 is 30.0 Å². The molecule has 8 nitrogen and oxygen atoms in total. The molecule has 2 aliphatic carbocycles. The van der Waals surface area contributed by atoms with E-state index in [1.165, 1.54) is 0 Å². The maximum Gasteiger partial charge on any atom is 0.344 e. The SMILES string of the molecule is O=C(COC(=O)C1CCCC1)NN1C(=O)NC2(CCCCC2)C1=O. The number of hydrogen-bond acceptors (Lipinski definition) is 5. The number of carbonyl (C=O) groups excluding carboxylic acids is 4. The first kappa shape index (κ1) is 16.7. The summed E-state index contributed by atoms with van der Waals surface area (Å²) in [6.45, 7) is -0.487. The van der Waals surface area contributed by atoms with E-state index in [0.717, 1.165) is 50.0 Å². The molecular weight excluding hydrogens is 314 g/mol. The third-order valence-electron chi connectivity index (χ3n) is 5.14. The Morgan fingerprint density at radius 2 is 1.79 bits per heavy atom. The summed E-state index contributed by atoms with van der Waals surface area (Å²) in [6.07, 6.45) is 7.51. The average Bonchev–Trinajstić information content (AvgIpc) is 3.18. The lowest BCUT2D eigenvalue weighted by molar-refractivity contribution is -0.154. The van der Waals surface area contributed by atoms with E-state index >= 15 is 0 Å². The fourth-order valence-corrected chi connectivity index (χ4v) is 3.79. The summed E-state index contributed by atoms with van der Waals surface area (Å²) in [7, 11) is 0. The number of urea groups is 1. The molecule has 1 aliphatic heterocycles. The number of hydrogen-bond donors (Lipinski definition) is 2. The standard InChI is InChI=1S/C16H23N3O5/c20-12(10-24-13(21)11-6-2-3-7-11)18-19-14(22)16(17-15(19)23)8-4-1-5-9-16/h11H,1-10H2,(H,17,23)(H,18,20). The van der Waals surface area contributed by atoms with E-state index in [4.69, 9.17) is 4.74 Å². The number of nitrogens with one attached hydrogen (secondary N) is 2. The molecule has 2 N–H and O–H groups in total. The van der Waals surface area contributed by atoms with Crippen LogP contribution in [0.4, 0.5) is 4.79 Å². The number of ether oxygens (including phenoxy) is 1. The number of rotatable bonds is 4. The fraction of sp³-hybridized carbons (Fsp3) is 0.750. The first-order valence-electron chi connectivity index (χ1n) is 8.65. The molecule has 2 saturated carbocycles. The molecule has 0 radical (unpaired) electrons. The molecule has 1 saturated heterocycles. The molecule has 132 valence electrons. The topological polar surface area (TPSA) is 105 Å². The van der Waals surface area contributed by atoms with Gasteiger partial charge in [0.2, 0.25) is 0 Å². The largest absolute Gasteiger partial charge is 0.455 e. The van der Waals surface area contributed by atoms with Crippen LogP contribution in [0.2, 0.25) is 0 Å². The van der Waals surface area contributed by atoms with Crippen LogP contribution in [0.5, 0.6) is 0 Å². The molecule has 0 unspecified atom stereocenters. The summed E-state index contributed by atoms with van der Waals surface area (Å²) in [4.78, 5) is 48.2. The summed E-state index contributed by atoms with van der Waals surface area (Å²) in [6, 6.07) is -0.627. The Kier molecular flexibility index (Phi) is 4.73. The molecule has 0 aromatic heterocycles. The van der Waals surface area contributed by atoms with Gasteiger partial charge in [-0.15, -0.1) is 0 Å². The molecule has 3 fully saturated rings. The van der Waals surface area contributed by atoms with Crippen molar-refractivity contribution in [2.45, 2.75) is 63.3 Å². The fourth-order valence-electron chi connectivity index (χ4n) is 3.79. The second-order valence-corrected chi connectivity index (χ2v) is 6.84. The average molecular weight is 337 g/mol. The quantitative estimate of drug-likeness (QED) is 0.588. The molecule has 8 heteroatoms. The Morgan fingerprint density at radius 1 is 1.12 bits per heavy atom. The molecular formula is C16H23N3O5. The van der Waals surface area contributed by atoms with Crippen molar-refractivity contribution in [1.82, 2.24) is 15.8 Å². The number of hydrazine groups is 1. The molecule has 1 heterocycles. The minimum Gasteiger partial charge on any atom is -0.455 e. The van der Waals surface area contributed by atoms with Gasteiger partial charge < -0.3 is 10.1 Å². The Hall–Kier alpha value is -2.12. The molecule has 3 aliphatic rings. The van der Waals surface area contributed by atoms with Crippen LogP contribution in [0.25, 0.3) is 0 Å². The Morgan fingerprint density at radius 3 is 2.46 bits per heavy atom. The van der Waals surface area contributed by atoms with Crippen molar-refractivity contribution in [3.63, 3.8) is 0 Å². The van der Waals surface area contributed by atoms with E-state index in [0.29, 0.717) is 12.8 Å². The zero-order chi connectivity index (χ0) is 17.2. The van der Waals surface area contributed by atoms with Crippen LogP contribution in [0.3, 0.4) is 0 Å².